The van der Waals surface area contributed by atoms with E-state index in [-0.39, 0.29) is 0 Å². The summed E-state index contributed by atoms with van der Waals surface area (Å²) < 4.78 is 7.59. The van der Waals surface area contributed by atoms with Crippen molar-refractivity contribution in [1.82, 2.24) is 9.38 Å². The number of fused-ring (bicyclic) bond motifs is 1. The number of rotatable bonds is 5. The maximum absolute atomic E-state index is 6.17. The number of pyridine rings is 1. The third-order valence-electron chi connectivity index (χ3n) is 3.13. The summed E-state index contributed by atoms with van der Waals surface area (Å²) >= 11 is 6.17. The van der Waals surface area contributed by atoms with Crippen LogP contribution >= 0.6 is 11.6 Å². The molecule has 108 valence electrons. The standard InChI is InChI=1S/C16H16ClN3O/c1-2-21-16-13(17)6-5-7-14(16)18-10-12-11-20-9-4-3-8-15(20)19-12/h3-9,11,18H,2,10H2,1H3. The Labute approximate surface area is 128 Å². The first-order chi connectivity index (χ1) is 10.3. The van der Waals surface area contributed by atoms with Crippen LogP contribution in [0.15, 0.2) is 48.8 Å². The quantitative estimate of drug-likeness (QED) is 0.774. The van der Waals surface area contributed by atoms with Gasteiger partial charge in [-0.3, -0.25) is 0 Å². The number of hydrogen-bond donors (Lipinski definition) is 1. The molecule has 1 aromatic carbocycles. The van der Waals surface area contributed by atoms with Crippen molar-refractivity contribution >= 4 is 22.9 Å². The van der Waals surface area contributed by atoms with Gasteiger partial charge in [0.1, 0.15) is 5.65 Å². The van der Waals surface area contributed by atoms with E-state index in [2.05, 4.69) is 10.3 Å². The van der Waals surface area contributed by atoms with Gasteiger partial charge in [-0.1, -0.05) is 23.7 Å². The van der Waals surface area contributed by atoms with Gasteiger partial charge in [-0.15, -0.1) is 0 Å². The Hall–Kier alpha value is -2.20. The van der Waals surface area contributed by atoms with Gasteiger partial charge in [0.25, 0.3) is 0 Å². The second-order valence-corrected chi connectivity index (χ2v) is 5.01. The highest BCUT2D eigenvalue weighted by Crippen LogP contribution is 2.33. The smallest absolute Gasteiger partial charge is 0.160 e. The Morgan fingerprint density at radius 1 is 1.24 bits per heavy atom. The fourth-order valence-corrected chi connectivity index (χ4v) is 2.43. The molecule has 0 aliphatic carbocycles. The average Bonchev–Trinajstić information content (AvgIpc) is 2.91. The van der Waals surface area contributed by atoms with Crippen LogP contribution in [-0.2, 0) is 6.54 Å². The van der Waals surface area contributed by atoms with Gasteiger partial charge in [0.15, 0.2) is 5.75 Å². The Morgan fingerprint density at radius 2 is 2.14 bits per heavy atom. The molecule has 3 rings (SSSR count). The molecule has 4 nitrogen and oxygen atoms in total. The fraction of sp³-hybridized carbons (Fsp3) is 0.188. The van der Waals surface area contributed by atoms with E-state index < -0.39 is 0 Å². The number of nitrogens with one attached hydrogen (secondary N) is 1. The summed E-state index contributed by atoms with van der Waals surface area (Å²) in [6.07, 6.45) is 3.99. The highest BCUT2D eigenvalue weighted by atomic mass is 35.5. The summed E-state index contributed by atoms with van der Waals surface area (Å²) in [4.78, 5) is 4.55. The van der Waals surface area contributed by atoms with Crippen molar-refractivity contribution in [2.45, 2.75) is 13.5 Å². The van der Waals surface area contributed by atoms with Crippen LogP contribution in [0.3, 0.4) is 0 Å². The molecule has 0 fully saturated rings. The molecule has 0 spiro atoms. The van der Waals surface area contributed by atoms with Crippen LogP contribution in [0.4, 0.5) is 5.69 Å². The topological polar surface area (TPSA) is 38.6 Å². The number of para-hydroxylation sites is 1. The van der Waals surface area contributed by atoms with Crippen molar-refractivity contribution < 1.29 is 4.74 Å². The summed E-state index contributed by atoms with van der Waals surface area (Å²) in [5.74, 6) is 0.686. The van der Waals surface area contributed by atoms with Crippen LogP contribution < -0.4 is 10.1 Å². The Balaban J connectivity index is 1.79. The molecule has 0 aliphatic rings. The maximum atomic E-state index is 6.17. The molecule has 0 atom stereocenters. The van der Waals surface area contributed by atoms with Gasteiger partial charge >= 0.3 is 0 Å². The normalized spacial score (nSPS) is 10.8. The van der Waals surface area contributed by atoms with E-state index in [1.807, 2.05) is 60.1 Å². The van der Waals surface area contributed by atoms with Crippen molar-refractivity contribution in [3.8, 4) is 5.75 Å². The molecule has 0 unspecified atom stereocenters. The van der Waals surface area contributed by atoms with E-state index in [1.54, 1.807) is 0 Å². The highest BCUT2D eigenvalue weighted by molar-refractivity contribution is 6.32. The monoisotopic (exact) mass is 301 g/mol. The molecule has 0 saturated carbocycles. The van der Waals surface area contributed by atoms with Crippen molar-refractivity contribution in [3.63, 3.8) is 0 Å². The van der Waals surface area contributed by atoms with E-state index in [9.17, 15) is 0 Å². The van der Waals surface area contributed by atoms with Gasteiger partial charge in [-0.05, 0) is 31.2 Å². The zero-order valence-corrected chi connectivity index (χ0v) is 12.5. The van der Waals surface area contributed by atoms with E-state index in [0.29, 0.717) is 23.9 Å². The van der Waals surface area contributed by atoms with Crippen LogP contribution in [0.25, 0.3) is 5.65 Å². The summed E-state index contributed by atoms with van der Waals surface area (Å²) in [6, 6.07) is 11.6. The first-order valence-corrected chi connectivity index (χ1v) is 7.23. The number of benzene rings is 1. The summed E-state index contributed by atoms with van der Waals surface area (Å²) in [7, 11) is 0. The number of imidazole rings is 1. The van der Waals surface area contributed by atoms with Crippen molar-refractivity contribution in [2.24, 2.45) is 0 Å². The Morgan fingerprint density at radius 3 is 2.95 bits per heavy atom. The number of nitrogens with zero attached hydrogens (tertiary/aromatic N) is 2. The number of ether oxygens (including phenoxy) is 1. The lowest BCUT2D eigenvalue weighted by atomic mass is 10.3. The largest absolute Gasteiger partial charge is 0.490 e. The zero-order chi connectivity index (χ0) is 14.7. The molecule has 2 heterocycles. The van der Waals surface area contributed by atoms with Crippen molar-refractivity contribution in [1.29, 1.82) is 0 Å². The lowest BCUT2D eigenvalue weighted by Gasteiger charge is -2.12. The van der Waals surface area contributed by atoms with Gasteiger partial charge in [0.2, 0.25) is 0 Å². The first kappa shape index (κ1) is 13.8. The van der Waals surface area contributed by atoms with Crippen molar-refractivity contribution in [2.75, 3.05) is 11.9 Å². The molecular formula is C16H16ClN3O. The molecule has 0 aliphatic heterocycles. The molecule has 2 aromatic heterocycles. The molecule has 0 amide bonds. The fourth-order valence-electron chi connectivity index (χ4n) is 2.20. The number of hydrogen-bond acceptors (Lipinski definition) is 3. The summed E-state index contributed by atoms with van der Waals surface area (Å²) in [6.45, 7) is 3.13. The molecule has 0 saturated heterocycles. The minimum Gasteiger partial charge on any atom is -0.490 e. The van der Waals surface area contributed by atoms with E-state index in [0.717, 1.165) is 17.0 Å². The number of aromatic nitrogens is 2. The predicted octanol–water partition coefficient (Wildman–Crippen LogP) is 4.00. The third kappa shape index (κ3) is 2.95. The van der Waals surface area contributed by atoms with E-state index in [4.69, 9.17) is 16.3 Å². The molecule has 21 heavy (non-hydrogen) atoms. The van der Waals surface area contributed by atoms with Crippen LogP contribution in [0, 0.1) is 0 Å². The predicted molar refractivity (Wildman–Crippen MR) is 85.1 cm³/mol. The second-order valence-electron chi connectivity index (χ2n) is 4.60. The lowest BCUT2D eigenvalue weighted by molar-refractivity contribution is 0.342. The van der Waals surface area contributed by atoms with Crippen molar-refractivity contribution in [3.05, 3.63) is 59.5 Å². The highest BCUT2D eigenvalue weighted by Gasteiger charge is 2.08. The first-order valence-electron chi connectivity index (χ1n) is 6.85. The molecule has 0 radical (unpaired) electrons. The van der Waals surface area contributed by atoms with Crippen LogP contribution in [-0.4, -0.2) is 16.0 Å². The second kappa shape index (κ2) is 6.06. The molecule has 3 aromatic rings. The molecule has 0 bridgehead atoms. The Kier molecular flexibility index (Phi) is 3.97. The van der Waals surface area contributed by atoms with Gasteiger partial charge in [0, 0.05) is 12.4 Å². The maximum Gasteiger partial charge on any atom is 0.160 e. The van der Waals surface area contributed by atoms with Gasteiger partial charge < -0.3 is 14.5 Å². The molecule has 1 N–H and O–H groups in total. The Bertz CT molecular complexity index is 721. The third-order valence-corrected chi connectivity index (χ3v) is 3.43. The van der Waals surface area contributed by atoms with E-state index >= 15 is 0 Å². The molecular weight excluding hydrogens is 286 g/mol. The minimum absolute atomic E-state index is 0.576. The van der Waals surface area contributed by atoms with Crippen LogP contribution in [0.5, 0.6) is 5.75 Å². The number of halogens is 1. The summed E-state index contributed by atoms with van der Waals surface area (Å²) in [5, 5.41) is 3.94. The van der Waals surface area contributed by atoms with Crippen LogP contribution in [0.2, 0.25) is 5.02 Å². The van der Waals surface area contributed by atoms with Gasteiger partial charge in [-0.25, -0.2) is 4.98 Å². The van der Waals surface area contributed by atoms with E-state index in [1.165, 1.54) is 0 Å². The SMILES string of the molecule is CCOc1c(Cl)cccc1NCc1cn2ccccc2n1. The molecule has 5 heteroatoms. The van der Waals surface area contributed by atoms with Gasteiger partial charge in [0.05, 0.1) is 29.6 Å². The van der Waals surface area contributed by atoms with Gasteiger partial charge in [-0.2, -0.15) is 0 Å². The minimum atomic E-state index is 0.576. The number of anilines is 1. The summed E-state index contributed by atoms with van der Waals surface area (Å²) in [5.41, 5.74) is 2.77. The van der Waals surface area contributed by atoms with Crippen LogP contribution in [0.1, 0.15) is 12.6 Å². The lowest BCUT2D eigenvalue weighted by Crippen LogP contribution is -2.03. The average molecular weight is 302 g/mol. The zero-order valence-electron chi connectivity index (χ0n) is 11.7.